The van der Waals surface area contributed by atoms with Gasteiger partial charge in [-0.05, 0) is 83.7 Å². The molecule has 3 aromatic carbocycles. The number of nitrogens with zero attached hydrogens (tertiary/aromatic N) is 1. The van der Waals surface area contributed by atoms with Gasteiger partial charge in [-0.3, -0.25) is 9.10 Å². The van der Waals surface area contributed by atoms with Gasteiger partial charge in [-0.1, -0.05) is 41.4 Å². The molecule has 0 radical (unpaired) electrons. The highest BCUT2D eigenvalue weighted by Gasteiger charge is 2.28. The van der Waals surface area contributed by atoms with Gasteiger partial charge in [0.25, 0.3) is 10.0 Å². The molecule has 0 bridgehead atoms. The van der Waals surface area contributed by atoms with Crippen LogP contribution in [0, 0.1) is 6.92 Å². The van der Waals surface area contributed by atoms with Crippen molar-refractivity contribution in [3.63, 3.8) is 0 Å². The van der Waals surface area contributed by atoms with Crippen molar-refractivity contribution in [3.05, 3.63) is 87.4 Å². The molecular weight excluding hydrogens is 540 g/mol. The first-order valence-corrected chi connectivity index (χ1v) is 13.3. The van der Waals surface area contributed by atoms with Crippen LogP contribution in [-0.4, -0.2) is 34.5 Å². The van der Waals surface area contributed by atoms with E-state index in [1.807, 2.05) is 43.3 Å². The molecule has 0 aliphatic carbocycles. The van der Waals surface area contributed by atoms with Crippen molar-refractivity contribution < 1.29 is 17.9 Å². The fourth-order valence-corrected chi connectivity index (χ4v) is 5.58. The summed E-state index contributed by atoms with van der Waals surface area (Å²) in [5, 5.41) is 3.51. The molecule has 3 rings (SSSR count). The van der Waals surface area contributed by atoms with Crippen LogP contribution in [0.5, 0.6) is 5.75 Å². The number of hydrogen-bond acceptors (Lipinski definition) is 4. The summed E-state index contributed by atoms with van der Waals surface area (Å²) in [6.45, 7) is 2.00. The van der Waals surface area contributed by atoms with Gasteiger partial charge in [-0.25, -0.2) is 8.42 Å². The fraction of sp³-hybridized carbons (Fsp3) is 0.240. The van der Waals surface area contributed by atoms with E-state index in [1.165, 1.54) is 19.2 Å². The number of sulfonamides is 1. The molecular formula is C25H26BrClN2O4S. The number of anilines is 1. The monoisotopic (exact) mass is 564 g/mol. The van der Waals surface area contributed by atoms with E-state index < -0.39 is 10.0 Å². The SMILES string of the molecule is COc1ccc(S(=O)(=O)N(CC(=O)NCCCc2ccc(Cl)cc2)c2ccc(C)cc2)cc1Br. The Morgan fingerprint density at radius 2 is 1.74 bits per heavy atom. The Balaban J connectivity index is 1.74. The minimum atomic E-state index is -4.01. The number of hydrogen-bond donors (Lipinski definition) is 1. The van der Waals surface area contributed by atoms with E-state index >= 15 is 0 Å². The first-order chi connectivity index (χ1) is 16.2. The second-order valence-electron chi connectivity index (χ2n) is 7.72. The Bertz CT molecular complexity index is 1230. The van der Waals surface area contributed by atoms with Crippen LogP contribution >= 0.6 is 27.5 Å². The summed E-state index contributed by atoms with van der Waals surface area (Å²) in [5.74, 6) is 0.132. The molecule has 1 N–H and O–H groups in total. The van der Waals surface area contributed by atoms with Crippen molar-refractivity contribution in [2.75, 3.05) is 24.5 Å². The van der Waals surface area contributed by atoms with Crippen LogP contribution in [0.25, 0.3) is 0 Å². The second-order valence-corrected chi connectivity index (χ2v) is 10.9. The highest BCUT2D eigenvalue weighted by atomic mass is 79.9. The highest BCUT2D eigenvalue weighted by Crippen LogP contribution is 2.30. The molecule has 0 saturated carbocycles. The third-order valence-corrected chi connectivity index (χ3v) is 7.84. The number of methoxy groups -OCH3 is 1. The van der Waals surface area contributed by atoms with Crippen LogP contribution in [0.15, 0.2) is 76.1 Å². The maximum Gasteiger partial charge on any atom is 0.264 e. The van der Waals surface area contributed by atoms with Crippen molar-refractivity contribution in [2.45, 2.75) is 24.7 Å². The summed E-state index contributed by atoms with van der Waals surface area (Å²) in [5.41, 5.74) is 2.52. The molecule has 34 heavy (non-hydrogen) atoms. The molecule has 0 heterocycles. The standard InChI is InChI=1S/C25H26BrClN2O4S/c1-18-5-11-21(12-6-18)29(34(31,32)22-13-14-24(33-2)23(26)16-22)17-25(30)28-15-3-4-19-7-9-20(27)10-8-19/h5-14,16H,3-4,15,17H2,1-2H3,(H,28,30). The van der Waals surface area contributed by atoms with Crippen molar-refractivity contribution >= 4 is 49.1 Å². The number of ether oxygens (including phenoxy) is 1. The molecule has 3 aromatic rings. The average molecular weight is 566 g/mol. The van der Waals surface area contributed by atoms with E-state index in [-0.39, 0.29) is 17.3 Å². The van der Waals surface area contributed by atoms with Gasteiger partial charge in [0.05, 0.1) is 22.2 Å². The highest BCUT2D eigenvalue weighted by molar-refractivity contribution is 9.10. The number of rotatable bonds is 10. The quantitative estimate of drug-likeness (QED) is 0.336. The van der Waals surface area contributed by atoms with Gasteiger partial charge in [-0.15, -0.1) is 0 Å². The third-order valence-electron chi connectivity index (χ3n) is 5.20. The van der Waals surface area contributed by atoms with Gasteiger partial charge in [-0.2, -0.15) is 0 Å². The van der Waals surface area contributed by atoms with Crippen molar-refractivity contribution in [1.29, 1.82) is 0 Å². The lowest BCUT2D eigenvalue weighted by atomic mass is 10.1. The lowest BCUT2D eigenvalue weighted by Gasteiger charge is -2.24. The van der Waals surface area contributed by atoms with Crippen molar-refractivity contribution in [3.8, 4) is 5.75 Å². The Hall–Kier alpha value is -2.55. The summed E-state index contributed by atoms with van der Waals surface area (Å²) in [7, 11) is -2.51. The Labute approximate surface area is 214 Å². The number of benzene rings is 3. The molecule has 9 heteroatoms. The Morgan fingerprint density at radius 3 is 2.35 bits per heavy atom. The molecule has 180 valence electrons. The van der Waals surface area contributed by atoms with Gasteiger partial charge in [0.1, 0.15) is 12.3 Å². The van der Waals surface area contributed by atoms with Crippen LogP contribution in [0.3, 0.4) is 0 Å². The summed E-state index contributed by atoms with van der Waals surface area (Å²) in [6.07, 6.45) is 1.49. The number of aryl methyl sites for hydroxylation is 2. The summed E-state index contributed by atoms with van der Waals surface area (Å²) >= 11 is 9.24. The minimum absolute atomic E-state index is 0.0521. The Morgan fingerprint density at radius 1 is 1.06 bits per heavy atom. The zero-order valence-electron chi connectivity index (χ0n) is 18.9. The lowest BCUT2D eigenvalue weighted by molar-refractivity contribution is -0.119. The molecule has 0 aliphatic rings. The minimum Gasteiger partial charge on any atom is -0.496 e. The number of carbonyl (C=O) groups excluding carboxylic acids is 1. The smallest absolute Gasteiger partial charge is 0.264 e. The predicted octanol–water partition coefficient (Wildman–Crippen LogP) is 5.36. The number of amides is 1. The van der Waals surface area contributed by atoms with Crippen LogP contribution in [0.1, 0.15) is 17.5 Å². The van der Waals surface area contributed by atoms with Gasteiger partial charge in [0, 0.05) is 11.6 Å². The van der Waals surface area contributed by atoms with Gasteiger partial charge in [0.2, 0.25) is 5.91 Å². The molecule has 0 spiro atoms. The van der Waals surface area contributed by atoms with E-state index in [9.17, 15) is 13.2 Å². The van der Waals surface area contributed by atoms with E-state index in [1.54, 1.807) is 18.2 Å². The van der Waals surface area contributed by atoms with E-state index in [0.29, 0.717) is 27.5 Å². The van der Waals surface area contributed by atoms with Crippen molar-refractivity contribution in [1.82, 2.24) is 5.32 Å². The normalized spacial score (nSPS) is 11.2. The molecule has 0 aliphatic heterocycles. The average Bonchev–Trinajstić information content (AvgIpc) is 2.82. The molecule has 0 atom stereocenters. The van der Waals surface area contributed by atoms with Crippen molar-refractivity contribution in [2.24, 2.45) is 0 Å². The fourth-order valence-electron chi connectivity index (χ4n) is 3.32. The number of halogens is 2. The molecule has 0 aromatic heterocycles. The maximum atomic E-state index is 13.5. The molecule has 0 saturated heterocycles. The summed E-state index contributed by atoms with van der Waals surface area (Å²) in [6, 6.07) is 19.1. The summed E-state index contributed by atoms with van der Waals surface area (Å²) in [4.78, 5) is 12.8. The first-order valence-electron chi connectivity index (χ1n) is 10.6. The van der Waals surface area contributed by atoms with Gasteiger partial charge in [0.15, 0.2) is 0 Å². The van der Waals surface area contributed by atoms with E-state index in [0.717, 1.165) is 28.3 Å². The third kappa shape index (κ3) is 6.74. The molecule has 0 unspecified atom stereocenters. The number of carbonyl (C=O) groups is 1. The largest absolute Gasteiger partial charge is 0.496 e. The zero-order valence-corrected chi connectivity index (χ0v) is 22.1. The molecule has 6 nitrogen and oxygen atoms in total. The van der Waals surface area contributed by atoms with E-state index in [2.05, 4.69) is 21.2 Å². The molecule has 0 fully saturated rings. The van der Waals surface area contributed by atoms with Gasteiger partial charge >= 0.3 is 0 Å². The van der Waals surface area contributed by atoms with Crippen LogP contribution in [0.4, 0.5) is 5.69 Å². The first kappa shape index (κ1) is 26.1. The topological polar surface area (TPSA) is 75.7 Å². The van der Waals surface area contributed by atoms with Crippen LogP contribution in [-0.2, 0) is 21.2 Å². The lowest BCUT2D eigenvalue weighted by Crippen LogP contribution is -2.41. The van der Waals surface area contributed by atoms with Crippen LogP contribution < -0.4 is 14.4 Å². The predicted molar refractivity (Wildman–Crippen MR) is 139 cm³/mol. The van der Waals surface area contributed by atoms with Crippen LogP contribution in [0.2, 0.25) is 5.02 Å². The number of nitrogens with one attached hydrogen (secondary N) is 1. The Kier molecular flexibility index (Phi) is 8.99. The maximum absolute atomic E-state index is 13.5. The molecule has 1 amide bonds. The van der Waals surface area contributed by atoms with E-state index in [4.69, 9.17) is 16.3 Å². The summed E-state index contributed by atoms with van der Waals surface area (Å²) < 4.78 is 33.9. The van der Waals surface area contributed by atoms with Gasteiger partial charge < -0.3 is 10.1 Å². The second kappa shape index (κ2) is 11.7. The zero-order chi connectivity index (χ0) is 24.7.